The first-order chi connectivity index (χ1) is 13.5. The minimum atomic E-state index is -0.172. The van der Waals surface area contributed by atoms with Gasteiger partial charge >= 0.3 is 0 Å². The average Bonchev–Trinajstić information content (AvgIpc) is 2.70. The minimum Gasteiger partial charge on any atom is -0.489 e. The molecule has 28 heavy (non-hydrogen) atoms. The normalized spacial score (nSPS) is 11.7. The third kappa shape index (κ3) is 5.75. The van der Waals surface area contributed by atoms with Gasteiger partial charge in [-0.1, -0.05) is 65.7 Å². The van der Waals surface area contributed by atoms with Gasteiger partial charge in [0.05, 0.1) is 10.0 Å². The summed E-state index contributed by atoms with van der Waals surface area (Å²) in [6.07, 6.45) is 0.714. The van der Waals surface area contributed by atoms with Crippen LogP contribution in [0.15, 0.2) is 72.8 Å². The lowest BCUT2D eigenvalue weighted by Crippen LogP contribution is -2.34. The Bertz CT molecular complexity index is 927. The van der Waals surface area contributed by atoms with E-state index in [0.717, 1.165) is 16.9 Å². The number of nitrogens with one attached hydrogen (secondary N) is 1. The molecule has 0 aliphatic heterocycles. The van der Waals surface area contributed by atoms with Crippen molar-refractivity contribution in [3.8, 4) is 5.75 Å². The Kier molecular flexibility index (Phi) is 6.96. The van der Waals surface area contributed by atoms with Crippen LogP contribution in [0.5, 0.6) is 5.75 Å². The average molecular weight is 414 g/mol. The number of amides is 1. The summed E-state index contributed by atoms with van der Waals surface area (Å²) < 4.78 is 5.80. The second-order valence-corrected chi connectivity index (χ2v) is 7.44. The number of benzene rings is 3. The van der Waals surface area contributed by atoms with Crippen LogP contribution in [-0.4, -0.2) is 11.9 Å². The highest BCUT2D eigenvalue weighted by Gasteiger charge is 2.12. The lowest BCUT2D eigenvalue weighted by Gasteiger charge is -2.15. The van der Waals surface area contributed by atoms with Crippen LogP contribution in [0.1, 0.15) is 28.4 Å². The fourth-order valence-corrected chi connectivity index (χ4v) is 3.11. The molecule has 1 amide bonds. The van der Waals surface area contributed by atoms with Gasteiger partial charge in [-0.25, -0.2) is 0 Å². The van der Waals surface area contributed by atoms with Crippen molar-refractivity contribution in [3.63, 3.8) is 0 Å². The standard InChI is InChI=1S/C23H21Cl2NO2/c1-16(26-23(27)19-9-12-21(24)22(25)14-19)13-17-7-10-20(11-8-17)28-15-18-5-3-2-4-6-18/h2-12,14,16H,13,15H2,1H3,(H,26,27)/t16-/m0/s1. The van der Waals surface area contributed by atoms with Crippen molar-refractivity contribution in [2.45, 2.75) is 26.0 Å². The van der Waals surface area contributed by atoms with Crippen LogP contribution < -0.4 is 10.1 Å². The van der Waals surface area contributed by atoms with Crippen LogP contribution >= 0.6 is 23.2 Å². The monoisotopic (exact) mass is 413 g/mol. The summed E-state index contributed by atoms with van der Waals surface area (Å²) in [5.74, 6) is 0.647. The molecule has 0 heterocycles. The van der Waals surface area contributed by atoms with Crippen molar-refractivity contribution in [2.24, 2.45) is 0 Å². The van der Waals surface area contributed by atoms with Gasteiger partial charge in [-0.05, 0) is 54.8 Å². The number of hydrogen-bond donors (Lipinski definition) is 1. The number of rotatable bonds is 7. The SMILES string of the molecule is C[C@@H](Cc1ccc(OCc2ccccc2)cc1)NC(=O)c1ccc(Cl)c(Cl)c1. The number of carbonyl (C=O) groups is 1. The van der Waals surface area contributed by atoms with Crippen LogP contribution in [0.25, 0.3) is 0 Å². The van der Waals surface area contributed by atoms with Crippen LogP contribution in [0.3, 0.4) is 0 Å². The maximum absolute atomic E-state index is 12.4. The zero-order valence-electron chi connectivity index (χ0n) is 15.5. The predicted octanol–water partition coefficient (Wildman–Crippen LogP) is 5.93. The smallest absolute Gasteiger partial charge is 0.251 e. The van der Waals surface area contributed by atoms with E-state index < -0.39 is 0 Å². The molecule has 0 saturated heterocycles. The molecule has 0 spiro atoms. The van der Waals surface area contributed by atoms with Gasteiger partial charge in [-0.2, -0.15) is 0 Å². The molecule has 3 nitrogen and oxygen atoms in total. The first-order valence-electron chi connectivity index (χ1n) is 9.03. The lowest BCUT2D eigenvalue weighted by molar-refractivity contribution is 0.0940. The van der Waals surface area contributed by atoms with Crippen molar-refractivity contribution in [2.75, 3.05) is 0 Å². The van der Waals surface area contributed by atoms with Crippen molar-refractivity contribution >= 4 is 29.1 Å². The molecular weight excluding hydrogens is 393 g/mol. The Morgan fingerprint density at radius 1 is 0.929 bits per heavy atom. The lowest BCUT2D eigenvalue weighted by atomic mass is 10.1. The second-order valence-electron chi connectivity index (χ2n) is 6.63. The van der Waals surface area contributed by atoms with Gasteiger partial charge in [-0.3, -0.25) is 4.79 Å². The molecule has 0 bridgehead atoms. The molecule has 5 heteroatoms. The molecule has 0 aromatic heterocycles. The molecular formula is C23H21Cl2NO2. The fourth-order valence-electron chi connectivity index (χ4n) is 2.81. The Morgan fingerprint density at radius 3 is 2.32 bits per heavy atom. The van der Waals surface area contributed by atoms with E-state index in [9.17, 15) is 4.79 Å². The summed E-state index contributed by atoms with van der Waals surface area (Å²) in [5.41, 5.74) is 2.74. The highest BCUT2D eigenvalue weighted by Crippen LogP contribution is 2.22. The largest absolute Gasteiger partial charge is 0.489 e. The molecule has 1 atom stereocenters. The van der Waals surface area contributed by atoms with E-state index in [1.54, 1.807) is 18.2 Å². The van der Waals surface area contributed by atoms with Crippen molar-refractivity contribution in [3.05, 3.63) is 99.5 Å². The molecule has 0 aliphatic carbocycles. The molecule has 3 aromatic carbocycles. The maximum Gasteiger partial charge on any atom is 0.251 e. The van der Waals surface area contributed by atoms with E-state index in [1.165, 1.54) is 0 Å². The second kappa shape index (κ2) is 9.63. The van der Waals surface area contributed by atoms with Crippen molar-refractivity contribution in [1.82, 2.24) is 5.32 Å². The quantitative estimate of drug-likeness (QED) is 0.520. The molecule has 144 valence electrons. The molecule has 0 unspecified atom stereocenters. The number of carbonyl (C=O) groups excluding carboxylic acids is 1. The maximum atomic E-state index is 12.4. The minimum absolute atomic E-state index is 0.0296. The van der Waals surface area contributed by atoms with E-state index in [4.69, 9.17) is 27.9 Å². The first-order valence-corrected chi connectivity index (χ1v) is 9.78. The number of halogens is 2. The summed E-state index contributed by atoms with van der Waals surface area (Å²) in [4.78, 5) is 12.4. The molecule has 0 aliphatic rings. The molecule has 3 aromatic rings. The van der Waals surface area contributed by atoms with Crippen LogP contribution in [-0.2, 0) is 13.0 Å². The van der Waals surface area contributed by atoms with E-state index in [-0.39, 0.29) is 11.9 Å². The fraction of sp³-hybridized carbons (Fsp3) is 0.174. The third-order valence-corrected chi connectivity index (χ3v) is 5.01. The highest BCUT2D eigenvalue weighted by molar-refractivity contribution is 6.42. The third-order valence-electron chi connectivity index (χ3n) is 4.27. The molecule has 1 N–H and O–H groups in total. The summed E-state index contributed by atoms with van der Waals surface area (Å²) >= 11 is 11.9. The Morgan fingerprint density at radius 2 is 1.64 bits per heavy atom. The highest BCUT2D eigenvalue weighted by atomic mass is 35.5. The Labute approximate surface area is 175 Å². The van der Waals surface area contributed by atoms with E-state index in [1.807, 2.05) is 61.5 Å². The van der Waals surface area contributed by atoms with E-state index >= 15 is 0 Å². The first kappa shape index (κ1) is 20.2. The van der Waals surface area contributed by atoms with Crippen molar-refractivity contribution in [1.29, 1.82) is 0 Å². The molecule has 0 fully saturated rings. The van der Waals surface area contributed by atoms with Gasteiger partial charge in [0.2, 0.25) is 0 Å². The van der Waals surface area contributed by atoms with Gasteiger partial charge in [0, 0.05) is 11.6 Å². The van der Waals surface area contributed by atoms with Gasteiger partial charge in [0.1, 0.15) is 12.4 Å². The van der Waals surface area contributed by atoms with Gasteiger partial charge in [0.15, 0.2) is 0 Å². The molecule has 0 radical (unpaired) electrons. The molecule has 3 rings (SSSR count). The van der Waals surface area contributed by atoms with Crippen LogP contribution in [0, 0.1) is 0 Å². The van der Waals surface area contributed by atoms with Crippen molar-refractivity contribution < 1.29 is 9.53 Å². The summed E-state index contributed by atoms with van der Waals surface area (Å²) in [6.45, 7) is 2.51. The number of ether oxygens (including phenoxy) is 1. The van der Waals surface area contributed by atoms with Crippen LogP contribution in [0.2, 0.25) is 10.0 Å². The zero-order chi connectivity index (χ0) is 19.9. The van der Waals surface area contributed by atoms with Gasteiger partial charge < -0.3 is 10.1 Å². The predicted molar refractivity (Wildman–Crippen MR) is 114 cm³/mol. The summed E-state index contributed by atoms with van der Waals surface area (Å²) in [6, 6.07) is 22.8. The van der Waals surface area contributed by atoms with E-state index in [2.05, 4.69) is 5.32 Å². The van der Waals surface area contributed by atoms with Gasteiger partial charge in [0.25, 0.3) is 5.91 Å². The molecule has 0 saturated carbocycles. The van der Waals surface area contributed by atoms with Crippen LogP contribution in [0.4, 0.5) is 0 Å². The number of hydrogen-bond acceptors (Lipinski definition) is 2. The Hall–Kier alpha value is -2.49. The van der Waals surface area contributed by atoms with Gasteiger partial charge in [-0.15, -0.1) is 0 Å². The summed E-state index contributed by atoms with van der Waals surface area (Å²) in [7, 11) is 0. The van der Waals surface area contributed by atoms with E-state index in [0.29, 0.717) is 28.6 Å². The zero-order valence-corrected chi connectivity index (χ0v) is 17.0. The Balaban J connectivity index is 1.51. The summed E-state index contributed by atoms with van der Waals surface area (Å²) in [5, 5.41) is 3.78. The topological polar surface area (TPSA) is 38.3 Å².